The van der Waals surface area contributed by atoms with E-state index in [2.05, 4.69) is 0 Å². The molecule has 1 saturated heterocycles. The van der Waals surface area contributed by atoms with Gasteiger partial charge in [-0.1, -0.05) is 11.6 Å². The van der Waals surface area contributed by atoms with E-state index in [1.807, 2.05) is 19.1 Å². The van der Waals surface area contributed by atoms with Gasteiger partial charge in [-0.3, -0.25) is 4.79 Å². The summed E-state index contributed by atoms with van der Waals surface area (Å²) in [6, 6.07) is 5.14. The SMILES string of the molecule is Cc1cc(Cl)ccc1N1CC(N)C1=O. The number of aryl methyl sites for hydroxylation is 1. The number of hydrogen-bond acceptors (Lipinski definition) is 2. The molecule has 1 amide bonds. The first kappa shape index (κ1) is 9.49. The van der Waals surface area contributed by atoms with Crippen LogP contribution < -0.4 is 10.6 Å². The van der Waals surface area contributed by atoms with Crippen LogP contribution in [0.4, 0.5) is 5.69 Å². The number of β-lactam (4-membered cyclic amide) rings is 1. The number of nitrogens with zero attached hydrogens (tertiary/aromatic N) is 1. The van der Waals surface area contributed by atoms with Gasteiger partial charge in [0.05, 0.1) is 6.54 Å². The minimum absolute atomic E-state index is 0.0181. The van der Waals surface area contributed by atoms with Crippen molar-refractivity contribution in [1.82, 2.24) is 0 Å². The smallest absolute Gasteiger partial charge is 0.245 e. The third kappa shape index (κ3) is 1.38. The second-order valence-electron chi connectivity index (χ2n) is 3.49. The van der Waals surface area contributed by atoms with E-state index >= 15 is 0 Å². The first-order valence-corrected chi connectivity index (χ1v) is 4.80. The molecule has 1 aliphatic rings. The van der Waals surface area contributed by atoms with Crippen LogP contribution in [0.15, 0.2) is 18.2 Å². The molecule has 1 aliphatic heterocycles. The molecule has 2 rings (SSSR count). The molecule has 14 heavy (non-hydrogen) atoms. The van der Waals surface area contributed by atoms with Crippen LogP contribution in [-0.2, 0) is 4.79 Å². The van der Waals surface area contributed by atoms with Crippen molar-refractivity contribution in [2.24, 2.45) is 5.73 Å². The maximum atomic E-state index is 11.4. The molecule has 74 valence electrons. The summed E-state index contributed by atoms with van der Waals surface area (Å²) in [4.78, 5) is 13.0. The van der Waals surface area contributed by atoms with E-state index in [1.165, 1.54) is 0 Å². The number of carbonyl (C=O) groups excluding carboxylic acids is 1. The summed E-state index contributed by atoms with van der Waals surface area (Å²) >= 11 is 5.82. The fraction of sp³-hybridized carbons (Fsp3) is 0.300. The Bertz CT molecular complexity index is 392. The van der Waals surface area contributed by atoms with Crippen LogP contribution >= 0.6 is 11.6 Å². The molecule has 2 N–H and O–H groups in total. The Hall–Kier alpha value is -1.06. The number of amides is 1. The molecular weight excluding hydrogens is 200 g/mol. The van der Waals surface area contributed by atoms with Gasteiger partial charge in [-0.15, -0.1) is 0 Å². The molecule has 0 aromatic heterocycles. The third-order valence-electron chi connectivity index (χ3n) is 2.41. The van der Waals surface area contributed by atoms with Crippen LogP contribution in [0, 0.1) is 6.92 Å². The van der Waals surface area contributed by atoms with Gasteiger partial charge in [0.1, 0.15) is 6.04 Å². The molecule has 1 fully saturated rings. The summed E-state index contributed by atoms with van der Waals surface area (Å²) in [5.41, 5.74) is 7.41. The number of anilines is 1. The number of nitrogens with two attached hydrogens (primary N) is 1. The second-order valence-corrected chi connectivity index (χ2v) is 3.92. The number of carbonyl (C=O) groups is 1. The van der Waals surface area contributed by atoms with Crippen LogP contribution in [0.3, 0.4) is 0 Å². The minimum Gasteiger partial charge on any atom is -0.318 e. The average Bonchev–Trinajstić information content (AvgIpc) is 2.15. The highest BCUT2D eigenvalue weighted by Gasteiger charge is 2.35. The summed E-state index contributed by atoms with van der Waals surface area (Å²) in [7, 11) is 0. The van der Waals surface area contributed by atoms with Crippen LogP contribution in [0.5, 0.6) is 0 Å². The zero-order chi connectivity index (χ0) is 10.3. The summed E-state index contributed by atoms with van der Waals surface area (Å²) in [5.74, 6) is -0.0181. The van der Waals surface area contributed by atoms with Gasteiger partial charge >= 0.3 is 0 Å². The summed E-state index contributed by atoms with van der Waals surface area (Å²) in [5, 5.41) is 0.684. The van der Waals surface area contributed by atoms with E-state index in [4.69, 9.17) is 17.3 Å². The molecule has 1 aromatic carbocycles. The zero-order valence-corrected chi connectivity index (χ0v) is 8.58. The normalized spacial score (nSPS) is 20.9. The molecule has 3 nitrogen and oxygen atoms in total. The standard InChI is InChI=1S/C10H11ClN2O/c1-6-4-7(11)2-3-9(6)13-5-8(12)10(13)14/h2-4,8H,5,12H2,1H3. The van der Waals surface area contributed by atoms with Crippen LogP contribution in [0.25, 0.3) is 0 Å². The minimum atomic E-state index is -0.329. The Kier molecular flexibility index (Phi) is 2.21. The van der Waals surface area contributed by atoms with Crippen molar-refractivity contribution in [2.45, 2.75) is 13.0 Å². The van der Waals surface area contributed by atoms with Crippen molar-refractivity contribution in [3.05, 3.63) is 28.8 Å². The highest BCUT2D eigenvalue weighted by molar-refractivity contribution is 6.30. The van der Waals surface area contributed by atoms with Gasteiger partial charge in [-0.05, 0) is 30.7 Å². The first-order chi connectivity index (χ1) is 6.59. The Morgan fingerprint density at radius 2 is 2.29 bits per heavy atom. The molecule has 4 heteroatoms. The molecule has 1 unspecified atom stereocenters. The van der Waals surface area contributed by atoms with E-state index in [0.29, 0.717) is 11.6 Å². The quantitative estimate of drug-likeness (QED) is 0.711. The average molecular weight is 211 g/mol. The number of hydrogen-bond donors (Lipinski definition) is 1. The monoisotopic (exact) mass is 210 g/mol. The van der Waals surface area contributed by atoms with E-state index < -0.39 is 0 Å². The van der Waals surface area contributed by atoms with Gasteiger partial charge in [-0.25, -0.2) is 0 Å². The van der Waals surface area contributed by atoms with Crippen LogP contribution in [0.2, 0.25) is 5.02 Å². The summed E-state index contributed by atoms with van der Waals surface area (Å²) < 4.78 is 0. The Morgan fingerprint density at radius 3 is 2.79 bits per heavy atom. The number of rotatable bonds is 1. The molecule has 0 radical (unpaired) electrons. The third-order valence-corrected chi connectivity index (χ3v) is 2.65. The van der Waals surface area contributed by atoms with E-state index in [9.17, 15) is 4.79 Å². The van der Waals surface area contributed by atoms with Gasteiger partial charge in [0.15, 0.2) is 0 Å². The maximum absolute atomic E-state index is 11.4. The molecule has 0 spiro atoms. The van der Waals surface area contributed by atoms with Crippen molar-refractivity contribution in [3.8, 4) is 0 Å². The van der Waals surface area contributed by atoms with Gasteiger partial charge in [0, 0.05) is 10.7 Å². The lowest BCUT2D eigenvalue weighted by Crippen LogP contribution is -2.61. The number of halogens is 1. The fourth-order valence-electron chi connectivity index (χ4n) is 1.59. The van der Waals surface area contributed by atoms with Crippen molar-refractivity contribution < 1.29 is 4.79 Å². The molecule has 1 aromatic rings. The molecular formula is C10H11ClN2O. The van der Waals surface area contributed by atoms with Crippen molar-refractivity contribution in [3.63, 3.8) is 0 Å². The van der Waals surface area contributed by atoms with Gasteiger partial charge < -0.3 is 10.6 Å². The van der Waals surface area contributed by atoms with Gasteiger partial charge in [-0.2, -0.15) is 0 Å². The predicted molar refractivity (Wildman–Crippen MR) is 56.5 cm³/mol. The Labute approximate surface area is 87.4 Å². The van der Waals surface area contributed by atoms with E-state index in [-0.39, 0.29) is 11.9 Å². The zero-order valence-electron chi connectivity index (χ0n) is 7.83. The van der Waals surface area contributed by atoms with Crippen molar-refractivity contribution in [2.75, 3.05) is 11.4 Å². The summed E-state index contributed by atoms with van der Waals surface area (Å²) in [6.45, 7) is 2.53. The highest BCUT2D eigenvalue weighted by Crippen LogP contribution is 2.27. The topological polar surface area (TPSA) is 46.3 Å². The highest BCUT2D eigenvalue weighted by atomic mass is 35.5. The Balaban J connectivity index is 2.30. The molecule has 1 atom stereocenters. The maximum Gasteiger partial charge on any atom is 0.245 e. The first-order valence-electron chi connectivity index (χ1n) is 4.42. The predicted octanol–water partition coefficient (Wildman–Crippen LogP) is 1.32. The molecule has 0 bridgehead atoms. The molecule has 0 aliphatic carbocycles. The van der Waals surface area contributed by atoms with Crippen molar-refractivity contribution >= 4 is 23.2 Å². The molecule has 0 saturated carbocycles. The largest absolute Gasteiger partial charge is 0.318 e. The van der Waals surface area contributed by atoms with Gasteiger partial charge in [0.25, 0.3) is 0 Å². The van der Waals surface area contributed by atoms with Gasteiger partial charge in [0.2, 0.25) is 5.91 Å². The summed E-state index contributed by atoms with van der Waals surface area (Å²) in [6.07, 6.45) is 0. The second kappa shape index (κ2) is 3.26. The molecule has 1 heterocycles. The van der Waals surface area contributed by atoms with E-state index in [0.717, 1.165) is 11.3 Å². The van der Waals surface area contributed by atoms with Crippen LogP contribution in [0.1, 0.15) is 5.56 Å². The number of benzene rings is 1. The Morgan fingerprint density at radius 1 is 1.57 bits per heavy atom. The lowest BCUT2D eigenvalue weighted by molar-refractivity contribution is -0.123. The fourth-order valence-corrected chi connectivity index (χ4v) is 1.82. The lowest BCUT2D eigenvalue weighted by Gasteiger charge is -2.37. The van der Waals surface area contributed by atoms with Crippen molar-refractivity contribution in [1.29, 1.82) is 0 Å². The lowest BCUT2D eigenvalue weighted by atomic mass is 10.1. The van der Waals surface area contributed by atoms with E-state index in [1.54, 1.807) is 11.0 Å². The van der Waals surface area contributed by atoms with Crippen LogP contribution in [-0.4, -0.2) is 18.5 Å².